The summed E-state index contributed by atoms with van der Waals surface area (Å²) in [4.78, 5) is 10.6. The van der Waals surface area contributed by atoms with Gasteiger partial charge in [-0.25, -0.2) is 0 Å². The smallest absolute Gasteiger partial charge is 0.239 e. The number of anilines is 1. The molecule has 0 radical (unpaired) electrons. The summed E-state index contributed by atoms with van der Waals surface area (Å²) in [5, 5.41) is 7.19. The van der Waals surface area contributed by atoms with E-state index < -0.39 is 0 Å². The summed E-state index contributed by atoms with van der Waals surface area (Å²) in [6.07, 6.45) is 5.75. The SMILES string of the molecule is CCCCNc1cnn(CC(N)=O)c1. The number of nitrogens with two attached hydrogens (primary N) is 1. The second kappa shape index (κ2) is 5.26. The number of carbonyl (C=O) groups excluding carboxylic acids is 1. The molecule has 0 unspecified atom stereocenters. The summed E-state index contributed by atoms with van der Waals surface area (Å²) in [6.45, 7) is 3.20. The molecular formula is C9H16N4O. The molecule has 78 valence electrons. The highest BCUT2D eigenvalue weighted by molar-refractivity contribution is 5.73. The average Bonchev–Trinajstić information content (AvgIpc) is 2.52. The number of unbranched alkanes of at least 4 members (excludes halogenated alkanes) is 1. The molecule has 0 saturated heterocycles. The molecule has 0 aliphatic carbocycles. The van der Waals surface area contributed by atoms with Crippen molar-refractivity contribution in [2.24, 2.45) is 5.73 Å². The number of aromatic nitrogens is 2. The predicted molar refractivity (Wildman–Crippen MR) is 54.8 cm³/mol. The van der Waals surface area contributed by atoms with Crippen molar-refractivity contribution < 1.29 is 4.79 Å². The van der Waals surface area contributed by atoms with Crippen LogP contribution in [0.3, 0.4) is 0 Å². The van der Waals surface area contributed by atoms with Crippen LogP contribution in [0.4, 0.5) is 5.69 Å². The van der Waals surface area contributed by atoms with Gasteiger partial charge >= 0.3 is 0 Å². The van der Waals surface area contributed by atoms with Gasteiger partial charge in [0.1, 0.15) is 6.54 Å². The second-order valence-corrected chi connectivity index (χ2v) is 3.17. The van der Waals surface area contributed by atoms with Gasteiger partial charge in [0.15, 0.2) is 0 Å². The topological polar surface area (TPSA) is 72.9 Å². The van der Waals surface area contributed by atoms with E-state index in [0.29, 0.717) is 0 Å². The predicted octanol–water partition coefficient (Wildman–Crippen LogP) is 0.580. The van der Waals surface area contributed by atoms with Crippen molar-refractivity contribution in [1.29, 1.82) is 0 Å². The lowest BCUT2D eigenvalue weighted by Crippen LogP contribution is -2.18. The molecule has 0 atom stereocenters. The van der Waals surface area contributed by atoms with Gasteiger partial charge in [0.25, 0.3) is 0 Å². The Balaban J connectivity index is 2.38. The van der Waals surface area contributed by atoms with Gasteiger partial charge in [-0.15, -0.1) is 0 Å². The zero-order valence-electron chi connectivity index (χ0n) is 8.36. The lowest BCUT2D eigenvalue weighted by molar-refractivity contribution is -0.118. The first kappa shape index (κ1) is 10.6. The van der Waals surface area contributed by atoms with Crippen molar-refractivity contribution in [2.75, 3.05) is 11.9 Å². The van der Waals surface area contributed by atoms with E-state index in [2.05, 4.69) is 17.3 Å². The second-order valence-electron chi connectivity index (χ2n) is 3.17. The molecular weight excluding hydrogens is 180 g/mol. The fourth-order valence-corrected chi connectivity index (χ4v) is 1.11. The fraction of sp³-hybridized carbons (Fsp3) is 0.556. The standard InChI is InChI=1S/C9H16N4O/c1-2-3-4-11-8-5-12-13(6-8)7-9(10)14/h5-6,11H,2-4,7H2,1H3,(H2,10,14). The van der Waals surface area contributed by atoms with Crippen LogP contribution in [0, 0.1) is 0 Å². The molecule has 3 N–H and O–H groups in total. The van der Waals surface area contributed by atoms with Crippen LogP contribution in [0.25, 0.3) is 0 Å². The van der Waals surface area contributed by atoms with E-state index in [9.17, 15) is 4.79 Å². The number of rotatable bonds is 6. The van der Waals surface area contributed by atoms with Gasteiger partial charge in [-0.1, -0.05) is 13.3 Å². The van der Waals surface area contributed by atoms with Crippen LogP contribution in [0.1, 0.15) is 19.8 Å². The van der Waals surface area contributed by atoms with Crippen LogP contribution in [0.5, 0.6) is 0 Å². The van der Waals surface area contributed by atoms with Gasteiger partial charge in [0.2, 0.25) is 5.91 Å². The van der Waals surface area contributed by atoms with E-state index in [4.69, 9.17) is 5.73 Å². The molecule has 1 aromatic heterocycles. The normalized spacial score (nSPS) is 10.1. The number of hydrogen-bond donors (Lipinski definition) is 2. The molecule has 0 aromatic carbocycles. The zero-order valence-corrected chi connectivity index (χ0v) is 8.36. The van der Waals surface area contributed by atoms with Crippen LogP contribution >= 0.6 is 0 Å². The Hall–Kier alpha value is -1.52. The van der Waals surface area contributed by atoms with Crippen molar-refractivity contribution in [2.45, 2.75) is 26.3 Å². The highest BCUT2D eigenvalue weighted by atomic mass is 16.1. The highest BCUT2D eigenvalue weighted by Gasteiger charge is 1.99. The molecule has 14 heavy (non-hydrogen) atoms. The Bertz CT molecular complexity index is 295. The summed E-state index contributed by atoms with van der Waals surface area (Å²) >= 11 is 0. The van der Waals surface area contributed by atoms with Gasteiger partial charge in [-0.2, -0.15) is 5.10 Å². The maximum Gasteiger partial charge on any atom is 0.239 e. The Morgan fingerprint density at radius 2 is 2.50 bits per heavy atom. The quantitative estimate of drug-likeness (QED) is 0.654. The van der Waals surface area contributed by atoms with Gasteiger partial charge in [0, 0.05) is 12.7 Å². The number of nitrogens with one attached hydrogen (secondary N) is 1. The molecule has 5 heteroatoms. The molecule has 0 saturated carbocycles. The average molecular weight is 196 g/mol. The maximum absolute atomic E-state index is 10.6. The van der Waals surface area contributed by atoms with Crippen molar-refractivity contribution in [1.82, 2.24) is 9.78 Å². The number of carbonyl (C=O) groups is 1. The monoisotopic (exact) mass is 196 g/mol. The summed E-state index contributed by atoms with van der Waals surface area (Å²) in [6, 6.07) is 0. The van der Waals surface area contributed by atoms with Crippen LogP contribution in [0.15, 0.2) is 12.4 Å². The number of amides is 1. The fourth-order valence-electron chi connectivity index (χ4n) is 1.11. The van der Waals surface area contributed by atoms with Crippen molar-refractivity contribution in [3.63, 3.8) is 0 Å². The lowest BCUT2D eigenvalue weighted by atomic mass is 10.3. The minimum absolute atomic E-state index is 0.134. The number of hydrogen-bond acceptors (Lipinski definition) is 3. The molecule has 0 spiro atoms. The third kappa shape index (κ3) is 3.47. The summed E-state index contributed by atoms with van der Waals surface area (Å²) in [5.74, 6) is -0.381. The minimum atomic E-state index is -0.381. The summed E-state index contributed by atoms with van der Waals surface area (Å²) in [7, 11) is 0. The third-order valence-electron chi connectivity index (χ3n) is 1.81. The number of primary amides is 1. The van der Waals surface area contributed by atoms with Crippen LogP contribution in [-0.4, -0.2) is 22.2 Å². The van der Waals surface area contributed by atoms with E-state index >= 15 is 0 Å². The molecule has 1 amide bonds. The maximum atomic E-state index is 10.6. The van der Waals surface area contributed by atoms with Crippen LogP contribution in [-0.2, 0) is 11.3 Å². The molecule has 1 rings (SSSR count). The molecule has 0 aliphatic rings. The summed E-state index contributed by atoms with van der Waals surface area (Å²) in [5.41, 5.74) is 5.97. The van der Waals surface area contributed by atoms with Crippen molar-refractivity contribution in [3.05, 3.63) is 12.4 Å². The van der Waals surface area contributed by atoms with Gasteiger partial charge in [-0.3, -0.25) is 9.48 Å². The van der Waals surface area contributed by atoms with E-state index in [1.807, 2.05) is 0 Å². The van der Waals surface area contributed by atoms with E-state index in [1.165, 1.54) is 4.68 Å². The largest absolute Gasteiger partial charge is 0.383 e. The Labute approximate surface area is 83.3 Å². The first-order chi connectivity index (χ1) is 6.72. The molecule has 5 nitrogen and oxygen atoms in total. The number of nitrogens with zero attached hydrogens (tertiary/aromatic N) is 2. The molecule has 1 aromatic rings. The van der Waals surface area contributed by atoms with Crippen LogP contribution < -0.4 is 11.1 Å². The highest BCUT2D eigenvalue weighted by Crippen LogP contribution is 2.04. The third-order valence-corrected chi connectivity index (χ3v) is 1.81. The Morgan fingerprint density at radius 3 is 3.14 bits per heavy atom. The van der Waals surface area contributed by atoms with Gasteiger partial charge in [0.05, 0.1) is 11.9 Å². The first-order valence-electron chi connectivity index (χ1n) is 4.77. The van der Waals surface area contributed by atoms with E-state index in [-0.39, 0.29) is 12.5 Å². The molecule has 0 fully saturated rings. The van der Waals surface area contributed by atoms with Crippen LogP contribution in [0.2, 0.25) is 0 Å². The van der Waals surface area contributed by atoms with Gasteiger partial charge in [-0.05, 0) is 6.42 Å². The van der Waals surface area contributed by atoms with Gasteiger partial charge < -0.3 is 11.1 Å². The Kier molecular flexibility index (Phi) is 3.97. The van der Waals surface area contributed by atoms with Crippen molar-refractivity contribution in [3.8, 4) is 0 Å². The first-order valence-corrected chi connectivity index (χ1v) is 4.77. The lowest BCUT2D eigenvalue weighted by Gasteiger charge is -2.00. The van der Waals surface area contributed by atoms with E-state index in [0.717, 1.165) is 25.1 Å². The van der Waals surface area contributed by atoms with E-state index in [1.54, 1.807) is 12.4 Å². The zero-order chi connectivity index (χ0) is 10.4. The van der Waals surface area contributed by atoms with Crippen molar-refractivity contribution >= 4 is 11.6 Å². The Morgan fingerprint density at radius 1 is 1.71 bits per heavy atom. The molecule has 1 heterocycles. The molecule has 0 aliphatic heterocycles. The molecule has 0 bridgehead atoms. The minimum Gasteiger partial charge on any atom is -0.383 e. The summed E-state index contributed by atoms with van der Waals surface area (Å²) < 4.78 is 1.52.